The van der Waals surface area contributed by atoms with Gasteiger partial charge in [0.15, 0.2) is 5.58 Å². The first-order chi connectivity index (χ1) is 8.15. The summed E-state index contributed by atoms with van der Waals surface area (Å²) in [6.45, 7) is 6.29. The van der Waals surface area contributed by atoms with Crippen LogP contribution in [0.1, 0.15) is 26.3 Å². The van der Waals surface area contributed by atoms with Crippen LogP contribution < -0.4 is 4.72 Å². The Morgan fingerprint density at radius 3 is 2.50 bits per heavy atom. The lowest BCUT2D eigenvalue weighted by atomic mass is 9.87. The average molecular weight is 268 g/mol. The van der Waals surface area contributed by atoms with E-state index < -0.39 is 10.0 Å². The van der Waals surface area contributed by atoms with E-state index >= 15 is 0 Å². The molecular formula is C12H16N2O3S. The smallest absolute Gasteiger partial charge is 0.309 e. The Morgan fingerprint density at radius 2 is 1.94 bits per heavy atom. The number of rotatable bonds is 2. The van der Waals surface area contributed by atoms with Gasteiger partial charge >= 0.3 is 6.01 Å². The predicted octanol–water partition coefficient (Wildman–Crippen LogP) is 2.50. The van der Waals surface area contributed by atoms with Gasteiger partial charge in [-0.3, -0.25) is 0 Å². The third kappa shape index (κ3) is 2.81. The molecule has 18 heavy (non-hydrogen) atoms. The molecule has 0 saturated carbocycles. The molecule has 0 atom stereocenters. The maximum atomic E-state index is 11.1. The van der Waals surface area contributed by atoms with E-state index in [9.17, 15) is 8.42 Å². The number of benzene rings is 1. The molecule has 2 aromatic rings. The van der Waals surface area contributed by atoms with E-state index in [1.807, 2.05) is 18.2 Å². The van der Waals surface area contributed by atoms with Gasteiger partial charge in [0.1, 0.15) is 5.52 Å². The summed E-state index contributed by atoms with van der Waals surface area (Å²) < 4.78 is 29.8. The lowest BCUT2D eigenvalue weighted by Crippen LogP contribution is -2.10. The van der Waals surface area contributed by atoms with E-state index in [1.165, 1.54) is 0 Å². The van der Waals surface area contributed by atoms with Crippen molar-refractivity contribution in [1.29, 1.82) is 0 Å². The maximum absolute atomic E-state index is 11.1. The van der Waals surface area contributed by atoms with Crippen LogP contribution in [0, 0.1) is 0 Å². The number of sulfonamides is 1. The lowest BCUT2D eigenvalue weighted by molar-refractivity contribution is 0.582. The van der Waals surface area contributed by atoms with Crippen molar-refractivity contribution in [1.82, 2.24) is 4.98 Å². The van der Waals surface area contributed by atoms with Crippen LogP contribution >= 0.6 is 0 Å². The molecule has 0 aliphatic carbocycles. The number of oxazole rings is 1. The van der Waals surface area contributed by atoms with E-state index in [0.29, 0.717) is 11.1 Å². The monoisotopic (exact) mass is 268 g/mol. The molecule has 0 bridgehead atoms. The van der Waals surface area contributed by atoms with Crippen molar-refractivity contribution < 1.29 is 12.8 Å². The fourth-order valence-electron chi connectivity index (χ4n) is 1.59. The molecule has 0 aliphatic heterocycles. The van der Waals surface area contributed by atoms with Gasteiger partial charge in [0, 0.05) is 0 Å². The third-order valence-corrected chi connectivity index (χ3v) is 3.07. The van der Waals surface area contributed by atoms with Crippen molar-refractivity contribution in [3.8, 4) is 0 Å². The van der Waals surface area contributed by atoms with Crippen molar-refractivity contribution >= 4 is 27.1 Å². The van der Waals surface area contributed by atoms with Gasteiger partial charge in [-0.25, -0.2) is 13.1 Å². The minimum absolute atomic E-state index is 0.00133. The van der Waals surface area contributed by atoms with Gasteiger partial charge in [0.25, 0.3) is 0 Å². The average Bonchev–Trinajstić information content (AvgIpc) is 2.53. The number of anilines is 1. The Morgan fingerprint density at radius 1 is 1.28 bits per heavy atom. The van der Waals surface area contributed by atoms with Gasteiger partial charge in [-0.15, -0.1) is 0 Å². The van der Waals surface area contributed by atoms with Gasteiger partial charge in [-0.1, -0.05) is 26.8 Å². The summed E-state index contributed by atoms with van der Waals surface area (Å²) >= 11 is 0. The van der Waals surface area contributed by atoms with Crippen molar-refractivity contribution in [3.63, 3.8) is 0 Å². The van der Waals surface area contributed by atoms with Crippen LogP contribution in [0.15, 0.2) is 22.6 Å². The summed E-state index contributed by atoms with van der Waals surface area (Å²) in [4.78, 5) is 4.06. The zero-order valence-corrected chi connectivity index (χ0v) is 11.6. The zero-order valence-electron chi connectivity index (χ0n) is 10.8. The maximum Gasteiger partial charge on any atom is 0.309 e. The predicted molar refractivity (Wildman–Crippen MR) is 71.2 cm³/mol. The first-order valence-corrected chi connectivity index (χ1v) is 7.43. The van der Waals surface area contributed by atoms with Crippen LogP contribution in [0.3, 0.4) is 0 Å². The molecule has 0 unspecified atom stereocenters. The number of hydrogen-bond acceptors (Lipinski definition) is 4. The fraction of sp³-hybridized carbons (Fsp3) is 0.417. The number of fused-ring (bicyclic) bond motifs is 1. The Labute approximate surface area is 106 Å². The first kappa shape index (κ1) is 12.9. The lowest BCUT2D eigenvalue weighted by Gasteiger charge is -2.18. The minimum atomic E-state index is -3.37. The summed E-state index contributed by atoms with van der Waals surface area (Å²) in [6.07, 6.45) is 1.06. The highest BCUT2D eigenvalue weighted by Gasteiger charge is 2.16. The van der Waals surface area contributed by atoms with Crippen LogP contribution in [0.2, 0.25) is 0 Å². The largest absolute Gasteiger partial charge is 0.423 e. The molecule has 0 spiro atoms. The number of nitrogens with one attached hydrogen (secondary N) is 1. The van der Waals surface area contributed by atoms with E-state index in [1.54, 1.807) is 0 Å². The first-order valence-electron chi connectivity index (χ1n) is 5.54. The van der Waals surface area contributed by atoms with Crippen molar-refractivity contribution in [2.24, 2.45) is 0 Å². The Hall–Kier alpha value is -1.56. The standard InChI is InChI=1S/C12H16N2O3S/c1-12(2,3)8-5-6-9-10(7-8)17-11(13-9)14-18(4,15)16/h5-7H,1-4H3,(H,13,14). The highest BCUT2D eigenvalue weighted by atomic mass is 32.2. The molecule has 98 valence electrons. The molecule has 5 nitrogen and oxygen atoms in total. The van der Waals surface area contributed by atoms with E-state index in [2.05, 4.69) is 30.5 Å². The number of hydrogen-bond donors (Lipinski definition) is 1. The third-order valence-electron chi connectivity index (χ3n) is 2.53. The second kappa shape index (κ2) is 3.98. The highest BCUT2D eigenvalue weighted by Crippen LogP contribution is 2.27. The Balaban J connectivity index is 2.46. The van der Waals surface area contributed by atoms with Crippen molar-refractivity contribution in [2.45, 2.75) is 26.2 Å². The molecule has 1 N–H and O–H groups in total. The van der Waals surface area contributed by atoms with Crippen LogP contribution in [-0.2, 0) is 15.4 Å². The summed E-state index contributed by atoms with van der Waals surface area (Å²) in [5, 5.41) is 0. The molecule has 1 aromatic carbocycles. The summed E-state index contributed by atoms with van der Waals surface area (Å²) in [5.41, 5.74) is 2.32. The quantitative estimate of drug-likeness (QED) is 0.908. The number of aromatic nitrogens is 1. The molecule has 1 heterocycles. The zero-order chi connectivity index (χ0) is 13.6. The van der Waals surface area contributed by atoms with Crippen molar-refractivity contribution in [3.05, 3.63) is 23.8 Å². The number of nitrogens with zero attached hydrogens (tertiary/aromatic N) is 1. The van der Waals surface area contributed by atoms with Gasteiger partial charge < -0.3 is 4.42 Å². The molecule has 0 saturated heterocycles. The molecule has 0 radical (unpaired) electrons. The van der Waals surface area contributed by atoms with Gasteiger partial charge in [-0.05, 0) is 23.1 Å². The van der Waals surface area contributed by atoms with Gasteiger partial charge in [0.05, 0.1) is 6.26 Å². The van der Waals surface area contributed by atoms with Gasteiger partial charge in [-0.2, -0.15) is 4.98 Å². The molecule has 6 heteroatoms. The SMILES string of the molecule is CC(C)(C)c1ccc2nc(NS(C)(=O)=O)oc2c1. The normalized spacial score (nSPS) is 12.9. The molecule has 2 rings (SSSR count). The van der Waals surface area contributed by atoms with Crippen LogP contribution in [0.5, 0.6) is 0 Å². The van der Waals surface area contributed by atoms with E-state index in [4.69, 9.17) is 4.42 Å². The van der Waals surface area contributed by atoms with E-state index in [0.717, 1.165) is 11.8 Å². The second-order valence-corrected chi connectivity index (χ2v) is 7.07. The molecule has 0 amide bonds. The summed E-state index contributed by atoms with van der Waals surface area (Å²) in [6, 6.07) is 5.68. The molecule has 0 fully saturated rings. The fourth-order valence-corrected chi connectivity index (χ4v) is 2.00. The van der Waals surface area contributed by atoms with Crippen LogP contribution in [0.25, 0.3) is 11.1 Å². The van der Waals surface area contributed by atoms with E-state index in [-0.39, 0.29) is 11.4 Å². The highest BCUT2D eigenvalue weighted by molar-refractivity contribution is 7.91. The Kier molecular flexibility index (Phi) is 2.85. The summed E-state index contributed by atoms with van der Waals surface area (Å²) in [7, 11) is -3.37. The minimum Gasteiger partial charge on any atom is -0.423 e. The van der Waals surface area contributed by atoms with Crippen molar-refractivity contribution in [2.75, 3.05) is 11.0 Å². The topological polar surface area (TPSA) is 72.2 Å². The van der Waals surface area contributed by atoms with Crippen LogP contribution in [0.4, 0.5) is 6.01 Å². The Bertz CT molecular complexity index is 681. The molecular weight excluding hydrogens is 252 g/mol. The summed E-state index contributed by atoms with van der Waals surface area (Å²) in [5.74, 6) is 0. The van der Waals surface area contributed by atoms with Crippen LogP contribution in [-0.4, -0.2) is 19.7 Å². The molecule has 1 aromatic heterocycles. The molecule has 0 aliphatic rings. The second-order valence-electron chi connectivity index (χ2n) is 5.33. The van der Waals surface area contributed by atoms with Gasteiger partial charge in [0.2, 0.25) is 10.0 Å².